The smallest absolute Gasteiger partial charge is 0.141 e. The highest BCUT2D eigenvalue weighted by Crippen LogP contribution is 2.26. The number of halogens is 2. The number of pyridine rings is 1. The molecule has 0 atom stereocenters. The molecule has 0 amide bonds. The molecule has 100 valence electrons. The topological polar surface area (TPSA) is 34.1 Å². The molecule has 0 aliphatic carbocycles. The summed E-state index contributed by atoms with van der Waals surface area (Å²) >= 11 is 6.12. The molecule has 19 heavy (non-hydrogen) atoms. The van der Waals surface area contributed by atoms with Gasteiger partial charge in [-0.15, -0.1) is 0 Å². The summed E-state index contributed by atoms with van der Waals surface area (Å²) < 4.78 is 18.5. The van der Waals surface area contributed by atoms with Crippen molar-refractivity contribution in [3.8, 4) is 5.75 Å². The first-order valence-electron chi connectivity index (χ1n) is 5.84. The van der Waals surface area contributed by atoms with Gasteiger partial charge in [-0.1, -0.05) is 17.7 Å². The van der Waals surface area contributed by atoms with Gasteiger partial charge in [0.2, 0.25) is 0 Å². The number of nitrogens with zero attached hydrogens (tertiary/aromatic N) is 1. The molecule has 1 aromatic heterocycles. The summed E-state index contributed by atoms with van der Waals surface area (Å²) in [7, 11) is 1.87. The Morgan fingerprint density at radius 1 is 1.26 bits per heavy atom. The number of nitrogens with one attached hydrogen (secondary N) is 1. The van der Waals surface area contributed by atoms with Crippen molar-refractivity contribution in [3.63, 3.8) is 0 Å². The average Bonchev–Trinajstić information content (AvgIpc) is 2.38. The van der Waals surface area contributed by atoms with E-state index in [0.29, 0.717) is 16.3 Å². The standard InChI is InChI=1S/C14H14ClFN2O/c1-17-6-10-2-3-14(13(15)5-10)19-9-11-4-12(16)8-18-7-11/h2-5,7-8,17H,6,9H2,1H3. The molecule has 0 bridgehead atoms. The summed E-state index contributed by atoms with van der Waals surface area (Å²) in [6.45, 7) is 0.976. The van der Waals surface area contributed by atoms with E-state index in [1.165, 1.54) is 6.07 Å². The number of hydrogen-bond acceptors (Lipinski definition) is 3. The van der Waals surface area contributed by atoms with Crippen molar-refractivity contribution in [3.05, 3.63) is 58.6 Å². The minimum atomic E-state index is -0.378. The Balaban J connectivity index is 2.03. The zero-order chi connectivity index (χ0) is 13.7. The van der Waals surface area contributed by atoms with E-state index in [4.69, 9.17) is 16.3 Å². The summed E-state index contributed by atoms with van der Waals surface area (Å²) in [4.78, 5) is 3.76. The maximum atomic E-state index is 13.0. The maximum Gasteiger partial charge on any atom is 0.141 e. The minimum Gasteiger partial charge on any atom is -0.487 e. The van der Waals surface area contributed by atoms with Crippen molar-refractivity contribution in [2.24, 2.45) is 0 Å². The number of aromatic nitrogens is 1. The van der Waals surface area contributed by atoms with Crippen LogP contribution < -0.4 is 10.1 Å². The Hall–Kier alpha value is -1.65. The largest absolute Gasteiger partial charge is 0.487 e. The van der Waals surface area contributed by atoms with Gasteiger partial charge < -0.3 is 10.1 Å². The highest BCUT2D eigenvalue weighted by Gasteiger charge is 2.04. The van der Waals surface area contributed by atoms with Crippen molar-refractivity contribution in [2.45, 2.75) is 13.2 Å². The van der Waals surface area contributed by atoms with Gasteiger partial charge in [-0.3, -0.25) is 4.98 Å². The van der Waals surface area contributed by atoms with E-state index in [9.17, 15) is 4.39 Å². The van der Waals surface area contributed by atoms with Crippen LogP contribution in [-0.2, 0) is 13.2 Å². The van der Waals surface area contributed by atoms with E-state index in [0.717, 1.165) is 18.3 Å². The first-order chi connectivity index (χ1) is 9.19. The number of rotatable bonds is 5. The molecule has 0 saturated heterocycles. The van der Waals surface area contributed by atoms with Crippen LogP contribution in [0.1, 0.15) is 11.1 Å². The lowest BCUT2D eigenvalue weighted by Crippen LogP contribution is -2.05. The van der Waals surface area contributed by atoms with E-state index in [2.05, 4.69) is 10.3 Å². The fourth-order valence-electron chi connectivity index (χ4n) is 1.67. The molecule has 1 heterocycles. The molecule has 5 heteroatoms. The van der Waals surface area contributed by atoms with E-state index < -0.39 is 0 Å². The third-order valence-corrected chi connectivity index (χ3v) is 2.83. The summed E-state index contributed by atoms with van der Waals surface area (Å²) in [6, 6.07) is 6.97. The maximum absolute atomic E-state index is 13.0. The van der Waals surface area contributed by atoms with Gasteiger partial charge in [0.15, 0.2) is 0 Å². The van der Waals surface area contributed by atoms with Crippen LogP contribution in [0.5, 0.6) is 5.75 Å². The molecule has 3 nitrogen and oxygen atoms in total. The molecule has 0 saturated carbocycles. The Morgan fingerprint density at radius 3 is 2.79 bits per heavy atom. The van der Waals surface area contributed by atoms with Crippen molar-refractivity contribution in [1.29, 1.82) is 0 Å². The van der Waals surface area contributed by atoms with Gasteiger partial charge in [0.1, 0.15) is 18.2 Å². The lowest BCUT2D eigenvalue weighted by molar-refractivity contribution is 0.305. The van der Waals surface area contributed by atoms with Crippen molar-refractivity contribution in [2.75, 3.05) is 7.05 Å². The van der Waals surface area contributed by atoms with Gasteiger partial charge in [0, 0.05) is 18.3 Å². The van der Waals surface area contributed by atoms with Crippen LogP contribution in [0.4, 0.5) is 4.39 Å². The molecule has 1 N–H and O–H groups in total. The Kier molecular flexibility index (Phi) is 4.71. The normalized spacial score (nSPS) is 10.5. The quantitative estimate of drug-likeness (QED) is 0.913. The second-order valence-electron chi connectivity index (χ2n) is 4.10. The molecular weight excluding hydrogens is 267 g/mol. The fourth-order valence-corrected chi connectivity index (χ4v) is 1.93. The van der Waals surface area contributed by atoms with Crippen molar-refractivity contribution < 1.29 is 9.13 Å². The lowest BCUT2D eigenvalue weighted by atomic mass is 10.2. The van der Waals surface area contributed by atoms with Crippen molar-refractivity contribution >= 4 is 11.6 Å². The molecular formula is C14H14ClFN2O. The Labute approximate surface area is 116 Å². The molecule has 0 fully saturated rings. The summed E-state index contributed by atoms with van der Waals surface area (Å²) in [5.41, 5.74) is 1.74. The molecule has 2 rings (SSSR count). The predicted molar refractivity (Wildman–Crippen MR) is 72.7 cm³/mol. The molecule has 0 radical (unpaired) electrons. The van der Waals surface area contributed by atoms with Crippen LogP contribution in [0.15, 0.2) is 36.7 Å². The molecule has 1 aromatic carbocycles. The highest BCUT2D eigenvalue weighted by atomic mass is 35.5. The highest BCUT2D eigenvalue weighted by molar-refractivity contribution is 6.32. The second kappa shape index (κ2) is 6.50. The van der Waals surface area contributed by atoms with Crippen LogP contribution in [0.3, 0.4) is 0 Å². The molecule has 0 spiro atoms. The number of hydrogen-bond donors (Lipinski definition) is 1. The Morgan fingerprint density at radius 2 is 2.11 bits per heavy atom. The zero-order valence-electron chi connectivity index (χ0n) is 10.5. The van der Waals surface area contributed by atoms with Crippen LogP contribution in [0.25, 0.3) is 0 Å². The molecule has 0 aliphatic heterocycles. The molecule has 2 aromatic rings. The third kappa shape index (κ3) is 3.91. The molecule has 0 unspecified atom stereocenters. The van der Waals surface area contributed by atoms with Gasteiger partial charge >= 0.3 is 0 Å². The Bertz CT molecular complexity index is 563. The van der Waals surface area contributed by atoms with E-state index >= 15 is 0 Å². The fraction of sp³-hybridized carbons (Fsp3) is 0.214. The molecule has 0 aliphatic rings. The summed E-state index contributed by atoms with van der Waals surface area (Å²) in [5.74, 6) is 0.197. The SMILES string of the molecule is CNCc1ccc(OCc2cncc(F)c2)c(Cl)c1. The van der Waals surface area contributed by atoms with Gasteiger partial charge in [-0.25, -0.2) is 4.39 Å². The van der Waals surface area contributed by atoms with Gasteiger partial charge in [0.25, 0.3) is 0 Å². The summed E-state index contributed by atoms with van der Waals surface area (Å²) in [5, 5.41) is 3.58. The van der Waals surface area contributed by atoms with Gasteiger partial charge in [-0.2, -0.15) is 0 Å². The summed E-state index contributed by atoms with van der Waals surface area (Å²) in [6.07, 6.45) is 2.72. The van der Waals surface area contributed by atoms with Crippen LogP contribution in [-0.4, -0.2) is 12.0 Å². The first-order valence-corrected chi connectivity index (χ1v) is 6.22. The van der Waals surface area contributed by atoms with E-state index in [1.54, 1.807) is 6.20 Å². The van der Waals surface area contributed by atoms with Crippen LogP contribution in [0.2, 0.25) is 5.02 Å². The second-order valence-corrected chi connectivity index (χ2v) is 4.50. The van der Waals surface area contributed by atoms with E-state index in [-0.39, 0.29) is 12.4 Å². The lowest BCUT2D eigenvalue weighted by Gasteiger charge is -2.09. The first kappa shape index (κ1) is 13.8. The zero-order valence-corrected chi connectivity index (χ0v) is 11.2. The minimum absolute atomic E-state index is 0.232. The van der Waals surface area contributed by atoms with E-state index in [1.807, 2.05) is 25.2 Å². The monoisotopic (exact) mass is 280 g/mol. The number of ether oxygens (including phenoxy) is 1. The van der Waals surface area contributed by atoms with Gasteiger partial charge in [-0.05, 0) is 30.8 Å². The number of benzene rings is 1. The van der Waals surface area contributed by atoms with Crippen molar-refractivity contribution in [1.82, 2.24) is 10.3 Å². The van der Waals surface area contributed by atoms with Crippen LogP contribution in [0, 0.1) is 5.82 Å². The van der Waals surface area contributed by atoms with Crippen LogP contribution >= 0.6 is 11.6 Å². The average molecular weight is 281 g/mol. The third-order valence-electron chi connectivity index (χ3n) is 2.53. The predicted octanol–water partition coefficient (Wildman–Crippen LogP) is 3.17. The van der Waals surface area contributed by atoms with Gasteiger partial charge in [0.05, 0.1) is 11.2 Å².